The Morgan fingerprint density at radius 1 is 0.952 bits per heavy atom. The molecule has 2 aromatic rings. The molecular weight excluding hydrogens is 284 g/mol. The molecule has 0 heterocycles. The molecule has 0 aliphatic carbocycles. The van der Waals surface area contributed by atoms with Gasteiger partial charge in [0.2, 0.25) is 0 Å². The van der Waals surface area contributed by atoms with Crippen LogP contribution in [0.4, 0.5) is 5.69 Å². The van der Waals surface area contributed by atoms with Crippen LogP contribution in [0.25, 0.3) is 0 Å². The van der Waals surface area contributed by atoms with Crippen molar-refractivity contribution in [2.24, 2.45) is 10.2 Å². The predicted molar refractivity (Wildman–Crippen MR) is 80.1 cm³/mol. The fourth-order valence-electron chi connectivity index (χ4n) is 1.73. The second-order valence-electron chi connectivity index (χ2n) is 4.42. The van der Waals surface area contributed by atoms with Crippen LogP contribution in [-0.4, -0.2) is 5.54 Å². The summed E-state index contributed by atoms with van der Waals surface area (Å²) < 4.78 is 0. The van der Waals surface area contributed by atoms with Crippen LogP contribution in [0.3, 0.4) is 0 Å². The van der Waals surface area contributed by atoms with Crippen molar-refractivity contribution in [3.63, 3.8) is 0 Å². The Balaban J connectivity index is 2.25. The Morgan fingerprint density at radius 2 is 1.57 bits per heavy atom. The highest BCUT2D eigenvalue weighted by atomic mass is 35.5. The van der Waals surface area contributed by atoms with Gasteiger partial charge >= 0.3 is 0 Å². The SMILES string of the molecule is N#CC(C#N)(Cc1ccccc1)N=Nc1ccc(Cl)cc1. The standard InChI is InChI=1S/C16H11ClN4/c17-14-6-8-15(9-7-14)20-21-16(11-18,12-19)10-13-4-2-1-3-5-13/h1-9H,10H2. The number of halogens is 1. The number of rotatable bonds is 4. The van der Waals surface area contributed by atoms with Gasteiger partial charge in [-0.25, -0.2) is 0 Å². The van der Waals surface area contributed by atoms with Gasteiger partial charge in [-0.15, -0.1) is 0 Å². The van der Waals surface area contributed by atoms with Crippen LogP contribution in [0, 0.1) is 22.7 Å². The molecule has 21 heavy (non-hydrogen) atoms. The zero-order valence-corrected chi connectivity index (χ0v) is 11.8. The molecule has 0 amide bonds. The van der Waals surface area contributed by atoms with Crippen molar-refractivity contribution in [3.8, 4) is 12.1 Å². The lowest BCUT2D eigenvalue weighted by atomic mass is 9.95. The van der Waals surface area contributed by atoms with Crippen LogP contribution in [0.1, 0.15) is 5.56 Å². The lowest BCUT2D eigenvalue weighted by molar-refractivity contribution is 0.645. The largest absolute Gasteiger partial charge is 0.256 e. The fourth-order valence-corrected chi connectivity index (χ4v) is 1.85. The minimum Gasteiger partial charge on any atom is -0.194 e. The van der Waals surface area contributed by atoms with Crippen LogP contribution >= 0.6 is 11.6 Å². The third-order valence-electron chi connectivity index (χ3n) is 2.84. The average molecular weight is 295 g/mol. The Kier molecular flexibility index (Phi) is 4.66. The molecule has 0 bridgehead atoms. The normalized spacial score (nSPS) is 11.0. The molecule has 5 heteroatoms. The summed E-state index contributed by atoms with van der Waals surface area (Å²) in [6.07, 6.45) is 0.192. The summed E-state index contributed by atoms with van der Waals surface area (Å²) >= 11 is 5.79. The van der Waals surface area contributed by atoms with Gasteiger partial charge in [0.15, 0.2) is 0 Å². The highest BCUT2D eigenvalue weighted by Gasteiger charge is 2.30. The molecule has 2 aromatic carbocycles. The van der Waals surface area contributed by atoms with Crippen LogP contribution in [0.15, 0.2) is 64.8 Å². The van der Waals surface area contributed by atoms with E-state index in [2.05, 4.69) is 10.2 Å². The molecule has 0 N–H and O–H groups in total. The molecule has 0 atom stereocenters. The molecule has 0 radical (unpaired) electrons. The van der Waals surface area contributed by atoms with E-state index in [1.165, 1.54) is 0 Å². The van der Waals surface area contributed by atoms with Crippen LogP contribution in [0.5, 0.6) is 0 Å². The van der Waals surface area contributed by atoms with Crippen molar-refractivity contribution in [1.82, 2.24) is 0 Å². The fraction of sp³-hybridized carbons (Fsp3) is 0.125. The summed E-state index contributed by atoms with van der Waals surface area (Å²) in [5.74, 6) is 0. The first-order valence-corrected chi connectivity index (χ1v) is 6.60. The van der Waals surface area contributed by atoms with Crippen molar-refractivity contribution in [3.05, 3.63) is 65.2 Å². The molecule has 4 nitrogen and oxygen atoms in total. The monoisotopic (exact) mass is 294 g/mol. The minimum absolute atomic E-state index is 0.192. The molecule has 0 spiro atoms. The average Bonchev–Trinajstić information content (AvgIpc) is 2.54. The van der Waals surface area contributed by atoms with E-state index in [1.807, 2.05) is 42.5 Å². The lowest BCUT2D eigenvalue weighted by Crippen LogP contribution is -2.24. The van der Waals surface area contributed by atoms with Crippen molar-refractivity contribution in [1.29, 1.82) is 10.5 Å². The number of nitriles is 2. The summed E-state index contributed by atoms with van der Waals surface area (Å²) in [6.45, 7) is 0. The van der Waals surface area contributed by atoms with Gasteiger partial charge in [-0.1, -0.05) is 41.9 Å². The number of benzene rings is 2. The number of hydrogen-bond donors (Lipinski definition) is 0. The highest BCUT2D eigenvalue weighted by Crippen LogP contribution is 2.22. The first-order valence-electron chi connectivity index (χ1n) is 6.22. The zero-order valence-electron chi connectivity index (χ0n) is 11.1. The van der Waals surface area contributed by atoms with Crippen molar-refractivity contribution < 1.29 is 0 Å². The minimum atomic E-state index is -1.53. The topological polar surface area (TPSA) is 72.3 Å². The van der Waals surface area contributed by atoms with Crippen LogP contribution in [0.2, 0.25) is 5.02 Å². The van der Waals surface area contributed by atoms with E-state index in [0.717, 1.165) is 5.56 Å². The second kappa shape index (κ2) is 6.65. The number of nitrogens with zero attached hydrogens (tertiary/aromatic N) is 4. The molecule has 0 saturated carbocycles. The zero-order chi connectivity index (χ0) is 15.1. The van der Waals surface area contributed by atoms with Crippen molar-refractivity contribution in [2.45, 2.75) is 12.0 Å². The molecule has 0 fully saturated rings. The van der Waals surface area contributed by atoms with E-state index in [-0.39, 0.29) is 6.42 Å². The number of hydrogen-bond acceptors (Lipinski definition) is 4. The predicted octanol–water partition coefficient (Wildman–Crippen LogP) is 4.45. The maximum absolute atomic E-state index is 9.31. The van der Waals surface area contributed by atoms with Gasteiger partial charge in [-0.3, -0.25) is 0 Å². The third kappa shape index (κ3) is 3.89. The van der Waals surface area contributed by atoms with E-state index in [9.17, 15) is 10.5 Å². The first-order chi connectivity index (χ1) is 10.2. The van der Waals surface area contributed by atoms with Crippen LogP contribution in [-0.2, 0) is 6.42 Å². The van der Waals surface area contributed by atoms with Gasteiger partial charge < -0.3 is 0 Å². The van der Waals surface area contributed by atoms with E-state index < -0.39 is 5.54 Å². The van der Waals surface area contributed by atoms with Crippen molar-refractivity contribution in [2.75, 3.05) is 0 Å². The summed E-state index contributed by atoms with van der Waals surface area (Å²) in [7, 11) is 0. The smallest absolute Gasteiger partial charge is 0.194 e. The molecule has 0 aliphatic rings. The van der Waals surface area contributed by atoms with Gasteiger partial charge in [-0.05, 0) is 29.8 Å². The lowest BCUT2D eigenvalue weighted by Gasteiger charge is -2.11. The van der Waals surface area contributed by atoms with Gasteiger partial charge in [0, 0.05) is 11.4 Å². The van der Waals surface area contributed by atoms with Gasteiger partial charge in [0.1, 0.15) is 12.1 Å². The summed E-state index contributed by atoms with van der Waals surface area (Å²) in [5, 5.41) is 27.1. The van der Waals surface area contributed by atoms with Gasteiger partial charge in [-0.2, -0.15) is 20.8 Å². The Labute approximate surface area is 127 Å². The molecule has 0 saturated heterocycles. The van der Waals surface area contributed by atoms with E-state index in [1.54, 1.807) is 24.3 Å². The maximum atomic E-state index is 9.31. The molecule has 2 rings (SSSR count). The molecule has 102 valence electrons. The maximum Gasteiger partial charge on any atom is 0.256 e. The summed E-state index contributed by atoms with van der Waals surface area (Å²) in [4.78, 5) is 0. The highest BCUT2D eigenvalue weighted by molar-refractivity contribution is 6.30. The molecular formula is C16H11ClN4. The van der Waals surface area contributed by atoms with E-state index >= 15 is 0 Å². The van der Waals surface area contributed by atoms with E-state index in [4.69, 9.17) is 11.6 Å². The van der Waals surface area contributed by atoms with Crippen molar-refractivity contribution >= 4 is 17.3 Å². The first kappa shape index (κ1) is 14.7. The molecule has 0 unspecified atom stereocenters. The third-order valence-corrected chi connectivity index (χ3v) is 3.09. The molecule has 0 aliphatic heterocycles. The Morgan fingerprint density at radius 3 is 2.14 bits per heavy atom. The Hall–Kier alpha value is -2.69. The second-order valence-corrected chi connectivity index (χ2v) is 4.86. The quantitative estimate of drug-likeness (QED) is 0.781. The van der Waals surface area contributed by atoms with Gasteiger partial charge in [0.25, 0.3) is 5.54 Å². The Bertz CT molecular complexity index is 695. The summed E-state index contributed by atoms with van der Waals surface area (Å²) in [6, 6.07) is 19.9. The van der Waals surface area contributed by atoms with Crippen LogP contribution < -0.4 is 0 Å². The van der Waals surface area contributed by atoms with Gasteiger partial charge in [0.05, 0.1) is 5.69 Å². The summed E-state index contributed by atoms with van der Waals surface area (Å²) in [5.41, 5.74) is -0.126. The van der Waals surface area contributed by atoms with E-state index in [0.29, 0.717) is 10.7 Å². The molecule has 0 aromatic heterocycles. The number of azo groups is 1.